The fourth-order valence-corrected chi connectivity index (χ4v) is 0.413. The molecular weight excluding hydrogens is 152 g/mol. The second-order valence-electron chi connectivity index (χ2n) is 3.35. The molecular formula is C7H13ClO2. The van der Waals surface area contributed by atoms with Gasteiger partial charge in [-0.1, -0.05) is 20.8 Å². The van der Waals surface area contributed by atoms with Crippen molar-refractivity contribution in [2.45, 2.75) is 20.8 Å². The van der Waals surface area contributed by atoms with Crippen molar-refractivity contribution >= 4 is 17.6 Å². The third-order valence-electron chi connectivity index (χ3n) is 0.775. The Hall–Kier alpha value is -0.240. The minimum atomic E-state index is -0.350. The Labute approximate surface area is 66.5 Å². The number of carbonyl (C=O) groups excluding carboxylic acids is 1. The molecule has 0 unspecified atom stereocenters. The van der Waals surface area contributed by atoms with Crippen LogP contribution in [0.5, 0.6) is 0 Å². The molecule has 0 radical (unpaired) electrons. The summed E-state index contributed by atoms with van der Waals surface area (Å²) in [5.74, 6) is -0.410. The number of hydrogen-bond donors (Lipinski definition) is 0. The molecule has 60 valence electrons. The lowest BCUT2D eigenvalue weighted by Crippen LogP contribution is -2.18. The molecule has 0 atom stereocenters. The van der Waals surface area contributed by atoms with Crippen molar-refractivity contribution in [1.29, 1.82) is 0 Å². The Bertz CT molecular complexity index is 115. The van der Waals surface area contributed by atoms with Crippen LogP contribution in [-0.4, -0.2) is 18.5 Å². The SMILES string of the molecule is CC(C)(C)COC(=O)CCl. The van der Waals surface area contributed by atoms with E-state index in [-0.39, 0.29) is 17.3 Å². The van der Waals surface area contributed by atoms with Crippen molar-refractivity contribution in [2.24, 2.45) is 5.41 Å². The molecule has 0 aliphatic heterocycles. The van der Waals surface area contributed by atoms with E-state index in [1.807, 2.05) is 20.8 Å². The third kappa shape index (κ3) is 5.89. The summed E-state index contributed by atoms with van der Waals surface area (Å²) in [6.45, 7) is 6.41. The molecule has 0 fully saturated rings. The van der Waals surface area contributed by atoms with Gasteiger partial charge < -0.3 is 4.74 Å². The summed E-state index contributed by atoms with van der Waals surface area (Å²) in [5, 5.41) is 0. The number of ether oxygens (including phenoxy) is 1. The van der Waals surface area contributed by atoms with E-state index in [9.17, 15) is 4.79 Å². The first kappa shape index (κ1) is 9.76. The van der Waals surface area contributed by atoms with Crippen LogP contribution in [0.4, 0.5) is 0 Å². The van der Waals surface area contributed by atoms with E-state index in [0.29, 0.717) is 6.61 Å². The highest BCUT2D eigenvalue weighted by atomic mass is 35.5. The van der Waals surface area contributed by atoms with Crippen molar-refractivity contribution in [2.75, 3.05) is 12.5 Å². The molecule has 0 N–H and O–H groups in total. The lowest BCUT2D eigenvalue weighted by molar-refractivity contribution is -0.143. The van der Waals surface area contributed by atoms with Gasteiger partial charge >= 0.3 is 5.97 Å². The van der Waals surface area contributed by atoms with Crippen LogP contribution < -0.4 is 0 Å². The van der Waals surface area contributed by atoms with E-state index < -0.39 is 0 Å². The van der Waals surface area contributed by atoms with Gasteiger partial charge in [-0.05, 0) is 5.41 Å². The molecule has 0 aromatic rings. The van der Waals surface area contributed by atoms with Gasteiger partial charge in [-0.2, -0.15) is 0 Å². The van der Waals surface area contributed by atoms with Crippen molar-refractivity contribution < 1.29 is 9.53 Å². The summed E-state index contributed by atoms with van der Waals surface area (Å²) in [6, 6.07) is 0. The summed E-state index contributed by atoms with van der Waals surface area (Å²) in [6.07, 6.45) is 0. The molecule has 0 heterocycles. The molecule has 0 aliphatic rings. The summed E-state index contributed by atoms with van der Waals surface area (Å²) in [5.41, 5.74) is 0.0295. The van der Waals surface area contributed by atoms with Crippen LogP contribution >= 0.6 is 11.6 Å². The fraction of sp³-hybridized carbons (Fsp3) is 0.857. The topological polar surface area (TPSA) is 26.3 Å². The highest BCUT2D eigenvalue weighted by Gasteiger charge is 2.12. The Balaban J connectivity index is 3.46. The number of esters is 1. The molecule has 0 aromatic heterocycles. The molecule has 2 nitrogen and oxygen atoms in total. The summed E-state index contributed by atoms with van der Waals surface area (Å²) in [7, 11) is 0. The van der Waals surface area contributed by atoms with Crippen molar-refractivity contribution in [3.05, 3.63) is 0 Å². The molecule has 0 rings (SSSR count). The molecule has 10 heavy (non-hydrogen) atoms. The highest BCUT2D eigenvalue weighted by Crippen LogP contribution is 2.12. The highest BCUT2D eigenvalue weighted by molar-refractivity contribution is 6.26. The smallest absolute Gasteiger partial charge is 0.320 e. The van der Waals surface area contributed by atoms with Crippen molar-refractivity contribution in [1.82, 2.24) is 0 Å². The van der Waals surface area contributed by atoms with Gasteiger partial charge in [-0.15, -0.1) is 11.6 Å². The van der Waals surface area contributed by atoms with Crippen LogP contribution in [0.15, 0.2) is 0 Å². The zero-order chi connectivity index (χ0) is 8.20. The zero-order valence-corrected chi connectivity index (χ0v) is 7.36. The molecule has 0 amide bonds. The first-order valence-electron chi connectivity index (χ1n) is 3.17. The average molecular weight is 165 g/mol. The van der Waals surface area contributed by atoms with E-state index >= 15 is 0 Å². The Morgan fingerprint density at radius 2 is 2.00 bits per heavy atom. The molecule has 0 bridgehead atoms. The van der Waals surface area contributed by atoms with Gasteiger partial charge in [0.2, 0.25) is 0 Å². The van der Waals surface area contributed by atoms with Gasteiger partial charge in [0.25, 0.3) is 0 Å². The molecule has 0 spiro atoms. The second kappa shape index (κ2) is 3.81. The van der Waals surface area contributed by atoms with Crippen molar-refractivity contribution in [3.63, 3.8) is 0 Å². The Morgan fingerprint density at radius 1 is 1.50 bits per heavy atom. The normalized spacial score (nSPS) is 11.2. The number of alkyl halides is 1. The minimum absolute atomic E-state index is 0.0295. The number of carbonyl (C=O) groups is 1. The van der Waals surface area contributed by atoms with E-state index in [0.717, 1.165) is 0 Å². The maximum atomic E-state index is 10.5. The van der Waals surface area contributed by atoms with Gasteiger partial charge in [0.1, 0.15) is 5.88 Å². The van der Waals surface area contributed by atoms with E-state index in [2.05, 4.69) is 0 Å². The average Bonchev–Trinajstić information content (AvgIpc) is 1.81. The Kier molecular flexibility index (Phi) is 3.72. The van der Waals surface area contributed by atoms with Crippen LogP contribution in [0, 0.1) is 5.41 Å². The van der Waals surface area contributed by atoms with Crippen LogP contribution in [-0.2, 0) is 9.53 Å². The number of hydrogen-bond acceptors (Lipinski definition) is 2. The van der Waals surface area contributed by atoms with Crippen LogP contribution in [0.2, 0.25) is 0 Å². The van der Waals surface area contributed by atoms with Crippen LogP contribution in [0.3, 0.4) is 0 Å². The predicted molar refractivity (Wildman–Crippen MR) is 41.1 cm³/mol. The van der Waals surface area contributed by atoms with Crippen LogP contribution in [0.25, 0.3) is 0 Å². The standard InChI is InChI=1S/C7H13ClO2/c1-7(2,3)5-10-6(9)4-8/h4-5H2,1-3H3. The number of halogens is 1. The predicted octanol–water partition coefficient (Wildman–Crippen LogP) is 1.81. The fourth-order valence-electron chi connectivity index (χ4n) is 0.336. The van der Waals surface area contributed by atoms with E-state index in [1.54, 1.807) is 0 Å². The monoisotopic (exact) mass is 164 g/mol. The summed E-state index contributed by atoms with van der Waals surface area (Å²) < 4.78 is 4.78. The second-order valence-corrected chi connectivity index (χ2v) is 3.62. The van der Waals surface area contributed by atoms with Gasteiger partial charge in [0, 0.05) is 0 Å². The molecule has 0 aliphatic carbocycles. The third-order valence-corrected chi connectivity index (χ3v) is 0.993. The van der Waals surface area contributed by atoms with Crippen molar-refractivity contribution in [3.8, 4) is 0 Å². The number of rotatable bonds is 2. The van der Waals surface area contributed by atoms with E-state index in [4.69, 9.17) is 16.3 Å². The summed E-state index contributed by atoms with van der Waals surface area (Å²) >= 11 is 5.21. The lowest BCUT2D eigenvalue weighted by atomic mass is 9.99. The minimum Gasteiger partial charge on any atom is -0.464 e. The first-order chi connectivity index (χ1) is 4.45. The summed E-state index contributed by atoms with van der Waals surface area (Å²) in [4.78, 5) is 10.5. The molecule has 0 aromatic carbocycles. The van der Waals surface area contributed by atoms with Gasteiger partial charge in [0.05, 0.1) is 6.61 Å². The van der Waals surface area contributed by atoms with Gasteiger partial charge in [-0.3, -0.25) is 4.79 Å². The maximum absolute atomic E-state index is 10.5. The maximum Gasteiger partial charge on any atom is 0.320 e. The molecule has 3 heteroatoms. The first-order valence-corrected chi connectivity index (χ1v) is 3.71. The Morgan fingerprint density at radius 3 is 2.30 bits per heavy atom. The van der Waals surface area contributed by atoms with Crippen LogP contribution in [0.1, 0.15) is 20.8 Å². The molecule has 0 saturated carbocycles. The van der Waals surface area contributed by atoms with Gasteiger partial charge in [-0.25, -0.2) is 0 Å². The largest absolute Gasteiger partial charge is 0.464 e. The quantitative estimate of drug-likeness (QED) is 0.460. The van der Waals surface area contributed by atoms with E-state index in [1.165, 1.54) is 0 Å². The lowest BCUT2D eigenvalue weighted by Gasteiger charge is -2.16. The van der Waals surface area contributed by atoms with Gasteiger partial charge in [0.15, 0.2) is 0 Å². The molecule has 0 saturated heterocycles. The zero-order valence-electron chi connectivity index (χ0n) is 6.61.